The third-order valence-electron chi connectivity index (χ3n) is 4.32. The summed E-state index contributed by atoms with van der Waals surface area (Å²) in [5.74, 6) is 0. The van der Waals surface area contributed by atoms with Crippen molar-refractivity contribution in [3.05, 3.63) is 105 Å². The number of hydrogen-bond acceptors (Lipinski definition) is 4. The Morgan fingerprint density at radius 2 is 1.83 bits per heavy atom. The topological polar surface area (TPSA) is 42.5 Å². The van der Waals surface area contributed by atoms with Gasteiger partial charge in [0.15, 0.2) is 0 Å². The van der Waals surface area contributed by atoms with E-state index in [1.54, 1.807) is 23.7 Å². The van der Waals surface area contributed by atoms with Gasteiger partial charge in [-0.05, 0) is 41.8 Å². The molecule has 0 spiro atoms. The number of hydrogen-bond donors (Lipinski definition) is 0. The fourth-order valence-corrected chi connectivity index (χ4v) is 3.92. The van der Waals surface area contributed by atoms with Crippen LogP contribution < -0.4 is 4.80 Å². The van der Waals surface area contributed by atoms with Gasteiger partial charge < -0.3 is 0 Å². The molecule has 4 nitrogen and oxygen atoms in total. The lowest BCUT2D eigenvalue weighted by molar-refractivity contribution is 0.816. The second-order valence-electron chi connectivity index (χ2n) is 6.37. The molecule has 0 aliphatic rings. The Hall–Kier alpha value is -3.02. The summed E-state index contributed by atoms with van der Waals surface area (Å²) in [5.41, 5.74) is 4.21. The maximum atomic E-state index is 6.20. The summed E-state index contributed by atoms with van der Waals surface area (Å²) in [6.45, 7) is 0.699. The van der Waals surface area contributed by atoms with E-state index in [1.807, 2.05) is 53.4 Å². The van der Waals surface area contributed by atoms with E-state index < -0.39 is 0 Å². The van der Waals surface area contributed by atoms with E-state index in [0.717, 1.165) is 28.0 Å². The van der Waals surface area contributed by atoms with Crippen molar-refractivity contribution >= 4 is 29.2 Å². The second kappa shape index (κ2) is 9.45. The van der Waals surface area contributed by atoms with E-state index in [2.05, 4.69) is 34.6 Å². The van der Waals surface area contributed by atoms with E-state index in [0.29, 0.717) is 11.6 Å². The van der Waals surface area contributed by atoms with Crippen molar-refractivity contribution in [1.29, 1.82) is 0 Å². The lowest BCUT2D eigenvalue weighted by atomic mass is 10.2. The van der Waals surface area contributed by atoms with Crippen LogP contribution >= 0.6 is 22.9 Å². The third kappa shape index (κ3) is 5.08. The Morgan fingerprint density at radius 1 is 1.00 bits per heavy atom. The van der Waals surface area contributed by atoms with E-state index in [9.17, 15) is 0 Å². The first kappa shape index (κ1) is 19.3. The molecule has 0 radical (unpaired) electrons. The van der Waals surface area contributed by atoms with Crippen LogP contribution in [0.4, 0.5) is 0 Å². The van der Waals surface area contributed by atoms with Crippen molar-refractivity contribution in [2.75, 3.05) is 6.54 Å². The molecule has 29 heavy (non-hydrogen) atoms. The van der Waals surface area contributed by atoms with Crippen molar-refractivity contribution in [2.24, 2.45) is 10.1 Å². The van der Waals surface area contributed by atoms with Gasteiger partial charge in [0.05, 0.1) is 11.9 Å². The summed E-state index contributed by atoms with van der Waals surface area (Å²) >= 11 is 7.78. The second-order valence-corrected chi connectivity index (χ2v) is 7.64. The number of rotatable bonds is 6. The van der Waals surface area contributed by atoms with Gasteiger partial charge in [0.2, 0.25) is 4.80 Å². The van der Waals surface area contributed by atoms with Gasteiger partial charge in [0.1, 0.15) is 0 Å². The van der Waals surface area contributed by atoms with Crippen molar-refractivity contribution < 1.29 is 0 Å². The monoisotopic (exact) mass is 418 g/mol. The van der Waals surface area contributed by atoms with Crippen molar-refractivity contribution in [3.63, 3.8) is 0 Å². The standard InChI is InChI=1S/C23H19ClN4S/c24-21-8-4-7-20(15-21)22-17-29-23(26-14-11-18-5-2-1-3-6-18)28(22)27-16-19-9-12-25-13-10-19/h1-10,12-13,15-17H,11,14H2. The fraction of sp³-hybridized carbons (Fsp3) is 0.0870. The predicted molar refractivity (Wildman–Crippen MR) is 121 cm³/mol. The maximum absolute atomic E-state index is 6.20. The Morgan fingerprint density at radius 3 is 2.62 bits per heavy atom. The number of benzene rings is 2. The molecule has 0 atom stereocenters. The van der Waals surface area contributed by atoms with Crippen LogP contribution in [0.3, 0.4) is 0 Å². The van der Waals surface area contributed by atoms with Crippen molar-refractivity contribution in [3.8, 4) is 11.3 Å². The van der Waals surface area contributed by atoms with Crippen LogP contribution in [-0.2, 0) is 6.42 Å². The minimum absolute atomic E-state index is 0.695. The largest absolute Gasteiger partial charge is 0.265 e. The van der Waals surface area contributed by atoms with Gasteiger partial charge >= 0.3 is 0 Å². The summed E-state index contributed by atoms with van der Waals surface area (Å²) < 4.78 is 1.88. The summed E-state index contributed by atoms with van der Waals surface area (Å²) in [7, 11) is 0. The third-order valence-corrected chi connectivity index (χ3v) is 5.41. The molecule has 144 valence electrons. The van der Waals surface area contributed by atoms with Crippen LogP contribution in [0, 0.1) is 0 Å². The molecule has 6 heteroatoms. The molecular weight excluding hydrogens is 400 g/mol. The molecule has 0 unspecified atom stereocenters. The van der Waals surface area contributed by atoms with Crippen LogP contribution in [0.2, 0.25) is 5.02 Å². The van der Waals surface area contributed by atoms with E-state index in [4.69, 9.17) is 21.7 Å². The Bertz CT molecular complexity index is 1160. The Balaban J connectivity index is 1.69. The molecule has 0 saturated carbocycles. The summed E-state index contributed by atoms with van der Waals surface area (Å²) in [6.07, 6.45) is 6.21. The highest BCUT2D eigenvalue weighted by Gasteiger charge is 2.08. The maximum Gasteiger partial charge on any atom is 0.206 e. The lowest BCUT2D eigenvalue weighted by Crippen LogP contribution is -2.13. The highest BCUT2D eigenvalue weighted by molar-refractivity contribution is 7.07. The van der Waals surface area contributed by atoms with Crippen LogP contribution in [-0.4, -0.2) is 22.4 Å². The highest BCUT2D eigenvalue weighted by atomic mass is 35.5. The molecular formula is C23H19ClN4S. The SMILES string of the molecule is Clc1cccc(-c2csc(=NCCc3ccccc3)n2N=Cc2ccncc2)c1. The Labute approximate surface area is 178 Å². The summed E-state index contributed by atoms with van der Waals surface area (Å²) in [5, 5.41) is 7.47. The van der Waals surface area contributed by atoms with Gasteiger partial charge in [-0.1, -0.05) is 54.1 Å². The van der Waals surface area contributed by atoms with Crippen molar-refractivity contribution in [2.45, 2.75) is 6.42 Å². The molecule has 0 bridgehead atoms. The van der Waals surface area contributed by atoms with Gasteiger partial charge in [-0.25, -0.2) is 4.68 Å². The highest BCUT2D eigenvalue weighted by Crippen LogP contribution is 2.23. The minimum Gasteiger partial charge on any atom is -0.265 e. The van der Waals surface area contributed by atoms with Crippen LogP contribution in [0.15, 0.2) is 94.6 Å². The molecule has 0 aliphatic carbocycles. The van der Waals surface area contributed by atoms with E-state index in [-0.39, 0.29) is 0 Å². The number of nitrogens with zero attached hydrogens (tertiary/aromatic N) is 4. The molecule has 0 fully saturated rings. The van der Waals surface area contributed by atoms with E-state index in [1.165, 1.54) is 5.56 Å². The lowest BCUT2D eigenvalue weighted by Gasteiger charge is -2.04. The van der Waals surface area contributed by atoms with Gasteiger partial charge in [0, 0.05) is 34.9 Å². The molecule has 2 aromatic carbocycles. The zero-order valence-corrected chi connectivity index (χ0v) is 17.2. The molecule has 2 aromatic heterocycles. The van der Waals surface area contributed by atoms with Crippen LogP contribution in [0.1, 0.15) is 11.1 Å². The molecule has 0 N–H and O–H groups in total. The predicted octanol–water partition coefficient (Wildman–Crippen LogP) is 5.29. The molecule has 0 amide bonds. The first-order chi connectivity index (χ1) is 14.3. The van der Waals surface area contributed by atoms with Gasteiger partial charge in [-0.3, -0.25) is 9.98 Å². The molecule has 0 aliphatic heterocycles. The number of pyridine rings is 1. The summed E-state index contributed by atoms with van der Waals surface area (Å²) in [6, 6.07) is 22.0. The van der Waals surface area contributed by atoms with Crippen LogP contribution in [0.5, 0.6) is 0 Å². The average Bonchev–Trinajstić information content (AvgIpc) is 3.16. The number of halogens is 1. The summed E-state index contributed by atoms with van der Waals surface area (Å²) in [4.78, 5) is 9.71. The molecule has 0 saturated heterocycles. The zero-order chi connectivity index (χ0) is 19.9. The Kier molecular flexibility index (Phi) is 6.29. The van der Waals surface area contributed by atoms with Crippen molar-refractivity contribution in [1.82, 2.24) is 9.66 Å². The number of aromatic nitrogens is 2. The van der Waals surface area contributed by atoms with Gasteiger partial charge in [0.25, 0.3) is 0 Å². The average molecular weight is 419 g/mol. The quantitative estimate of drug-likeness (QED) is 0.392. The fourth-order valence-electron chi connectivity index (χ4n) is 2.86. The molecule has 4 aromatic rings. The first-order valence-corrected chi connectivity index (χ1v) is 10.5. The molecule has 2 heterocycles. The van der Waals surface area contributed by atoms with Gasteiger partial charge in [-0.15, -0.1) is 11.3 Å². The van der Waals surface area contributed by atoms with Crippen LogP contribution in [0.25, 0.3) is 11.3 Å². The zero-order valence-electron chi connectivity index (χ0n) is 15.6. The smallest absolute Gasteiger partial charge is 0.206 e. The molecule has 4 rings (SSSR count). The van der Waals surface area contributed by atoms with E-state index >= 15 is 0 Å². The minimum atomic E-state index is 0.695. The first-order valence-electron chi connectivity index (χ1n) is 9.25. The van der Waals surface area contributed by atoms with Gasteiger partial charge in [-0.2, -0.15) is 5.10 Å². The number of thiazole rings is 1. The normalized spacial score (nSPS) is 12.0.